The zero-order valence-electron chi connectivity index (χ0n) is 8.83. The van der Waals surface area contributed by atoms with Crippen LogP contribution in [-0.2, 0) is 4.79 Å². The molecule has 2 N–H and O–H groups in total. The third-order valence-electron chi connectivity index (χ3n) is 2.60. The molecular weight excluding hydrogens is 180 g/mol. The lowest BCUT2D eigenvalue weighted by molar-refractivity contribution is -0.133. The predicted molar refractivity (Wildman–Crippen MR) is 55.0 cm³/mol. The van der Waals surface area contributed by atoms with Crippen LogP contribution in [0.15, 0.2) is 0 Å². The van der Waals surface area contributed by atoms with Gasteiger partial charge in [-0.25, -0.2) is 0 Å². The number of carbonyl (C=O) groups excluding carboxylic acids is 1. The van der Waals surface area contributed by atoms with Crippen molar-refractivity contribution < 1.29 is 9.90 Å². The van der Waals surface area contributed by atoms with Gasteiger partial charge in [0.25, 0.3) is 0 Å². The van der Waals surface area contributed by atoms with Crippen molar-refractivity contribution in [3.8, 4) is 0 Å². The largest absolute Gasteiger partial charge is 0.395 e. The molecule has 0 aliphatic carbocycles. The van der Waals surface area contributed by atoms with Crippen molar-refractivity contribution in [2.24, 2.45) is 0 Å². The Labute approximate surface area is 85.3 Å². The molecule has 1 aliphatic heterocycles. The van der Waals surface area contributed by atoms with E-state index in [9.17, 15) is 4.79 Å². The summed E-state index contributed by atoms with van der Waals surface area (Å²) < 4.78 is 0. The van der Waals surface area contributed by atoms with Crippen molar-refractivity contribution >= 4 is 5.91 Å². The van der Waals surface area contributed by atoms with Crippen LogP contribution < -0.4 is 5.32 Å². The molecular formula is C10H20N2O2. The van der Waals surface area contributed by atoms with Crippen LogP contribution in [0.25, 0.3) is 0 Å². The monoisotopic (exact) mass is 200 g/mol. The molecule has 82 valence electrons. The maximum absolute atomic E-state index is 11.8. The van der Waals surface area contributed by atoms with Crippen molar-refractivity contribution in [1.82, 2.24) is 10.2 Å². The zero-order valence-corrected chi connectivity index (χ0v) is 8.83. The predicted octanol–water partition coefficient (Wildman–Crippen LogP) is -0.0307. The molecule has 0 saturated carbocycles. The number of nitrogens with one attached hydrogen (secondary N) is 1. The molecule has 0 aromatic rings. The Morgan fingerprint density at radius 1 is 1.43 bits per heavy atom. The van der Waals surface area contributed by atoms with Crippen LogP contribution in [0, 0.1) is 0 Å². The molecule has 1 atom stereocenters. The standard InChI is InChI=1S/C10H20N2O2/c1-9(11-5-8-13)10(14)12-6-3-2-4-7-12/h9,11,13H,2-8H2,1H3. The Morgan fingerprint density at radius 2 is 2.07 bits per heavy atom. The first-order valence-corrected chi connectivity index (χ1v) is 5.38. The number of hydrogen-bond acceptors (Lipinski definition) is 3. The van der Waals surface area contributed by atoms with Gasteiger partial charge in [0, 0.05) is 19.6 Å². The molecule has 1 unspecified atom stereocenters. The maximum atomic E-state index is 11.8. The number of carbonyl (C=O) groups is 1. The number of likely N-dealkylation sites (tertiary alicyclic amines) is 1. The Kier molecular flexibility index (Phi) is 4.90. The fourth-order valence-corrected chi connectivity index (χ4v) is 1.76. The van der Waals surface area contributed by atoms with E-state index in [0.29, 0.717) is 6.54 Å². The molecule has 1 aliphatic rings. The van der Waals surface area contributed by atoms with Gasteiger partial charge in [0.2, 0.25) is 5.91 Å². The highest BCUT2D eigenvalue weighted by atomic mass is 16.3. The summed E-state index contributed by atoms with van der Waals surface area (Å²) in [7, 11) is 0. The summed E-state index contributed by atoms with van der Waals surface area (Å²) in [6, 6.07) is -0.166. The number of rotatable bonds is 4. The first-order valence-electron chi connectivity index (χ1n) is 5.38. The van der Waals surface area contributed by atoms with E-state index in [0.717, 1.165) is 25.9 Å². The third kappa shape index (κ3) is 3.27. The van der Waals surface area contributed by atoms with Crippen LogP contribution in [-0.4, -0.2) is 48.2 Å². The van der Waals surface area contributed by atoms with Gasteiger partial charge in [-0.3, -0.25) is 4.79 Å². The van der Waals surface area contributed by atoms with E-state index in [-0.39, 0.29) is 18.6 Å². The van der Waals surface area contributed by atoms with Gasteiger partial charge in [-0.05, 0) is 26.2 Å². The van der Waals surface area contributed by atoms with E-state index >= 15 is 0 Å². The topological polar surface area (TPSA) is 52.6 Å². The minimum atomic E-state index is -0.166. The second-order valence-corrected chi connectivity index (χ2v) is 3.79. The zero-order chi connectivity index (χ0) is 10.4. The summed E-state index contributed by atoms with van der Waals surface area (Å²) in [4.78, 5) is 13.7. The van der Waals surface area contributed by atoms with Crippen LogP contribution in [0.4, 0.5) is 0 Å². The molecule has 14 heavy (non-hydrogen) atoms. The highest BCUT2D eigenvalue weighted by molar-refractivity contribution is 5.81. The number of aliphatic hydroxyl groups is 1. The van der Waals surface area contributed by atoms with Crippen molar-refractivity contribution in [2.75, 3.05) is 26.2 Å². The molecule has 1 fully saturated rings. The molecule has 0 radical (unpaired) electrons. The molecule has 1 rings (SSSR count). The Morgan fingerprint density at radius 3 is 2.64 bits per heavy atom. The van der Waals surface area contributed by atoms with E-state index in [1.54, 1.807) is 0 Å². The number of nitrogens with zero attached hydrogens (tertiary/aromatic N) is 1. The number of amides is 1. The van der Waals surface area contributed by atoms with Crippen molar-refractivity contribution in [1.29, 1.82) is 0 Å². The molecule has 1 heterocycles. The fourth-order valence-electron chi connectivity index (χ4n) is 1.76. The van der Waals surface area contributed by atoms with Gasteiger partial charge >= 0.3 is 0 Å². The normalized spacial score (nSPS) is 19.4. The summed E-state index contributed by atoms with van der Waals surface area (Å²) in [6.45, 7) is 4.21. The molecule has 0 bridgehead atoms. The highest BCUT2D eigenvalue weighted by Crippen LogP contribution is 2.09. The molecule has 0 aromatic carbocycles. The summed E-state index contributed by atoms with van der Waals surface area (Å²) in [5.74, 6) is 0.165. The molecule has 1 saturated heterocycles. The van der Waals surface area contributed by atoms with Crippen LogP contribution in [0.3, 0.4) is 0 Å². The van der Waals surface area contributed by atoms with Gasteiger partial charge in [-0.15, -0.1) is 0 Å². The molecule has 4 heteroatoms. The van der Waals surface area contributed by atoms with Crippen LogP contribution >= 0.6 is 0 Å². The smallest absolute Gasteiger partial charge is 0.239 e. The Bertz CT molecular complexity index is 179. The molecule has 0 aromatic heterocycles. The maximum Gasteiger partial charge on any atom is 0.239 e. The number of aliphatic hydroxyl groups excluding tert-OH is 1. The second kappa shape index (κ2) is 5.98. The first kappa shape index (κ1) is 11.5. The Hall–Kier alpha value is -0.610. The third-order valence-corrected chi connectivity index (χ3v) is 2.60. The van der Waals surface area contributed by atoms with Gasteiger partial charge in [0.15, 0.2) is 0 Å². The van der Waals surface area contributed by atoms with Crippen LogP contribution in [0.1, 0.15) is 26.2 Å². The number of hydrogen-bond donors (Lipinski definition) is 2. The van der Waals surface area contributed by atoms with Gasteiger partial charge < -0.3 is 15.3 Å². The quantitative estimate of drug-likeness (QED) is 0.670. The lowest BCUT2D eigenvalue weighted by Gasteiger charge is -2.29. The van der Waals surface area contributed by atoms with Crippen molar-refractivity contribution in [2.45, 2.75) is 32.2 Å². The van der Waals surface area contributed by atoms with Crippen LogP contribution in [0.5, 0.6) is 0 Å². The summed E-state index contributed by atoms with van der Waals surface area (Å²) in [6.07, 6.45) is 3.49. The fraction of sp³-hybridized carbons (Fsp3) is 0.900. The summed E-state index contributed by atoms with van der Waals surface area (Å²) in [5, 5.41) is 11.6. The van der Waals surface area contributed by atoms with E-state index in [4.69, 9.17) is 5.11 Å². The number of piperidine rings is 1. The highest BCUT2D eigenvalue weighted by Gasteiger charge is 2.21. The second-order valence-electron chi connectivity index (χ2n) is 3.79. The van der Waals surface area contributed by atoms with Crippen LogP contribution in [0.2, 0.25) is 0 Å². The van der Waals surface area contributed by atoms with E-state index in [1.165, 1.54) is 6.42 Å². The lowest BCUT2D eigenvalue weighted by atomic mass is 10.1. The molecule has 1 amide bonds. The Balaban J connectivity index is 2.30. The van der Waals surface area contributed by atoms with Gasteiger partial charge in [0.05, 0.1) is 12.6 Å². The van der Waals surface area contributed by atoms with E-state index in [1.807, 2.05) is 11.8 Å². The molecule has 4 nitrogen and oxygen atoms in total. The lowest BCUT2D eigenvalue weighted by Crippen LogP contribution is -2.47. The summed E-state index contributed by atoms with van der Waals surface area (Å²) >= 11 is 0. The van der Waals surface area contributed by atoms with Gasteiger partial charge in [-0.1, -0.05) is 0 Å². The van der Waals surface area contributed by atoms with Gasteiger partial charge in [-0.2, -0.15) is 0 Å². The van der Waals surface area contributed by atoms with E-state index < -0.39 is 0 Å². The first-order chi connectivity index (χ1) is 6.75. The summed E-state index contributed by atoms with van der Waals surface area (Å²) in [5.41, 5.74) is 0. The van der Waals surface area contributed by atoms with E-state index in [2.05, 4.69) is 5.32 Å². The van der Waals surface area contributed by atoms with Gasteiger partial charge in [0.1, 0.15) is 0 Å². The average Bonchev–Trinajstić information content (AvgIpc) is 2.26. The average molecular weight is 200 g/mol. The SMILES string of the molecule is CC(NCCO)C(=O)N1CCCCC1. The minimum absolute atomic E-state index is 0.0810. The van der Waals surface area contributed by atoms with Crippen molar-refractivity contribution in [3.05, 3.63) is 0 Å². The molecule has 0 spiro atoms. The minimum Gasteiger partial charge on any atom is -0.395 e. The van der Waals surface area contributed by atoms with Crippen molar-refractivity contribution in [3.63, 3.8) is 0 Å².